The predicted molar refractivity (Wildman–Crippen MR) is 93.3 cm³/mol. The molecule has 2 aromatic carbocycles. The van der Waals surface area contributed by atoms with Crippen molar-refractivity contribution >= 4 is 44.6 Å². The smallest absolute Gasteiger partial charge is 0.277 e. The number of sulfonamides is 1. The van der Waals surface area contributed by atoms with Gasteiger partial charge in [-0.25, -0.2) is 12.7 Å². The van der Waals surface area contributed by atoms with E-state index in [-0.39, 0.29) is 0 Å². The molecule has 0 saturated carbocycles. The highest BCUT2D eigenvalue weighted by atomic mass is 35.5. The molecule has 0 fully saturated rings. The van der Waals surface area contributed by atoms with Crippen LogP contribution in [0.15, 0.2) is 48.5 Å². The predicted octanol–water partition coefficient (Wildman–Crippen LogP) is 4.55. The van der Waals surface area contributed by atoms with Crippen LogP contribution in [-0.4, -0.2) is 19.7 Å². The zero-order valence-corrected chi connectivity index (χ0v) is 14.5. The molecule has 0 spiro atoms. The molecule has 0 aliphatic carbocycles. The molecule has 1 unspecified atom stereocenters. The molecule has 0 N–H and O–H groups in total. The average molecular weight is 372 g/mol. The van der Waals surface area contributed by atoms with E-state index in [1.54, 1.807) is 42.5 Å². The van der Waals surface area contributed by atoms with Gasteiger partial charge in [-0.2, -0.15) is 0 Å². The van der Waals surface area contributed by atoms with Crippen molar-refractivity contribution in [3.63, 3.8) is 0 Å². The van der Waals surface area contributed by atoms with Crippen molar-refractivity contribution in [2.24, 2.45) is 0 Å². The van der Waals surface area contributed by atoms with Crippen molar-refractivity contribution in [3.05, 3.63) is 53.6 Å². The van der Waals surface area contributed by atoms with Crippen molar-refractivity contribution < 1.29 is 13.2 Å². The Morgan fingerprint density at radius 3 is 2.57 bits per heavy atom. The number of hydrogen-bond donors (Lipinski definition) is 0. The SMILES string of the molecule is O=S1(=O)C(CCCCl)Oc2ccc(Cl)cc2N1c1ccccc1. The van der Waals surface area contributed by atoms with Crippen molar-refractivity contribution in [2.75, 3.05) is 10.2 Å². The summed E-state index contributed by atoms with van der Waals surface area (Å²) < 4.78 is 33.0. The highest BCUT2D eigenvalue weighted by molar-refractivity contribution is 7.93. The number of hydrogen-bond acceptors (Lipinski definition) is 3. The minimum atomic E-state index is -3.73. The summed E-state index contributed by atoms with van der Waals surface area (Å²) in [5.41, 5.74) is 0.0103. The van der Waals surface area contributed by atoms with Gasteiger partial charge in [-0.15, -0.1) is 11.6 Å². The fourth-order valence-corrected chi connectivity index (χ4v) is 4.59. The summed E-state index contributed by atoms with van der Waals surface area (Å²) in [5.74, 6) is 0.876. The van der Waals surface area contributed by atoms with Gasteiger partial charge in [-0.05, 0) is 36.8 Å². The van der Waals surface area contributed by atoms with Crippen LogP contribution >= 0.6 is 23.2 Å². The van der Waals surface area contributed by atoms with E-state index >= 15 is 0 Å². The molecule has 0 amide bonds. The summed E-state index contributed by atoms with van der Waals surface area (Å²) in [6, 6.07) is 13.9. The van der Waals surface area contributed by atoms with Crippen LogP contribution in [0, 0.1) is 0 Å². The number of rotatable bonds is 4. The molecule has 2 aromatic rings. The van der Waals surface area contributed by atoms with E-state index in [0.29, 0.717) is 40.9 Å². The fourth-order valence-electron chi connectivity index (χ4n) is 2.51. The van der Waals surface area contributed by atoms with Crippen LogP contribution in [-0.2, 0) is 10.0 Å². The Labute approximate surface area is 145 Å². The summed E-state index contributed by atoms with van der Waals surface area (Å²) in [6.07, 6.45) is 0.883. The first-order valence-corrected chi connectivity index (χ1v) is 9.57. The maximum absolute atomic E-state index is 13.0. The summed E-state index contributed by atoms with van der Waals surface area (Å²) in [4.78, 5) is 0. The lowest BCUT2D eigenvalue weighted by Gasteiger charge is -2.35. The molecule has 0 radical (unpaired) electrons. The molecule has 23 heavy (non-hydrogen) atoms. The Balaban J connectivity index is 2.15. The first kappa shape index (κ1) is 16.4. The van der Waals surface area contributed by atoms with Crippen LogP contribution in [0.2, 0.25) is 5.02 Å². The van der Waals surface area contributed by atoms with Crippen LogP contribution in [0.3, 0.4) is 0 Å². The monoisotopic (exact) mass is 371 g/mol. The summed E-state index contributed by atoms with van der Waals surface area (Å²) in [7, 11) is -3.73. The number of fused-ring (bicyclic) bond motifs is 1. The minimum absolute atomic E-state index is 0.331. The Morgan fingerprint density at radius 2 is 1.87 bits per heavy atom. The van der Waals surface area contributed by atoms with Gasteiger partial charge in [0.05, 0.1) is 5.69 Å². The minimum Gasteiger partial charge on any atom is -0.470 e. The number of anilines is 2. The van der Waals surface area contributed by atoms with Gasteiger partial charge in [0.15, 0.2) is 0 Å². The first-order valence-electron chi connectivity index (χ1n) is 7.15. The van der Waals surface area contributed by atoms with E-state index < -0.39 is 15.5 Å². The lowest BCUT2D eigenvalue weighted by molar-refractivity contribution is 0.257. The molecule has 122 valence electrons. The van der Waals surface area contributed by atoms with Gasteiger partial charge in [0.25, 0.3) is 10.0 Å². The van der Waals surface area contributed by atoms with Crippen LogP contribution in [0.25, 0.3) is 0 Å². The number of nitrogens with zero attached hydrogens (tertiary/aromatic N) is 1. The molecule has 0 aromatic heterocycles. The van der Waals surface area contributed by atoms with Crippen LogP contribution in [0.5, 0.6) is 5.75 Å². The summed E-state index contributed by atoms with van der Waals surface area (Å²) >= 11 is 11.8. The molecule has 1 heterocycles. The number of halogens is 2. The fraction of sp³-hybridized carbons (Fsp3) is 0.250. The van der Waals surface area contributed by atoms with Gasteiger partial charge in [0.1, 0.15) is 11.4 Å². The molecule has 1 aliphatic rings. The van der Waals surface area contributed by atoms with Gasteiger partial charge < -0.3 is 4.74 Å². The van der Waals surface area contributed by atoms with Gasteiger partial charge in [0.2, 0.25) is 5.44 Å². The van der Waals surface area contributed by atoms with Gasteiger partial charge >= 0.3 is 0 Å². The second-order valence-electron chi connectivity index (χ2n) is 5.14. The molecule has 3 rings (SSSR count). The third kappa shape index (κ3) is 3.13. The quantitative estimate of drug-likeness (QED) is 0.740. The second kappa shape index (κ2) is 6.59. The zero-order valence-electron chi connectivity index (χ0n) is 12.2. The van der Waals surface area contributed by atoms with Crippen molar-refractivity contribution in [2.45, 2.75) is 18.3 Å². The standard InChI is InChI=1S/C16H15Cl2NO3S/c17-10-4-7-16-22-15-9-8-12(18)11-14(15)19(23(16,20)21)13-5-2-1-3-6-13/h1-3,5-6,8-9,11,16H,4,7,10H2. The van der Waals surface area contributed by atoms with E-state index in [1.165, 1.54) is 4.31 Å². The highest BCUT2D eigenvalue weighted by Crippen LogP contribution is 2.44. The molecular formula is C16H15Cl2NO3S. The Hall–Kier alpha value is -1.43. The average Bonchev–Trinajstić information content (AvgIpc) is 2.53. The normalized spacial score (nSPS) is 19.0. The lowest BCUT2D eigenvalue weighted by atomic mass is 10.2. The third-order valence-electron chi connectivity index (χ3n) is 3.55. The summed E-state index contributed by atoms with van der Waals surface area (Å²) in [5, 5.41) is 0.447. The number of para-hydroxylation sites is 1. The van der Waals surface area contributed by atoms with E-state index in [2.05, 4.69) is 0 Å². The Kier molecular flexibility index (Phi) is 4.71. The van der Waals surface area contributed by atoms with Crippen LogP contribution in [0.1, 0.15) is 12.8 Å². The van der Waals surface area contributed by atoms with Gasteiger partial charge in [-0.1, -0.05) is 29.8 Å². The molecule has 7 heteroatoms. The largest absolute Gasteiger partial charge is 0.470 e. The number of ether oxygens (including phenoxy) is 1. The first-order chi connectivity index (χ1) is 11.0. The van der Waals surface area contributed by atoms with Crippen LogP contribution < -0.4 is 9.04 Å². The van der Waals surface area contributed by atoms with Gasteiger partial charge in [0, 0.05) is 17.3 Å². The molecule has 1 atom stereocenters. The molecule has 1 aliphatic heterocycles. The highest BCUT2D eigenvalue weighted by Gasteiger charge is 2.40. The Morgan fingerprint density at radius 1 is 1.13 bits per heavy atom. The second-order valence-corrected chi connectivity index (χ2v) is 7.87. The van der Waals surface area contributed by atoms with E-state index in [4.69, 9.17) is 27.9 Å². The molecular weight excluding hydrogens is 357 g/mol. The molecule has 0 saturated heterocycles. The molecule has 4 nitrogen and oxygen atoms in total. The lowest BCUT2D eigenvalue weighted by Crippen LogP contribution is -2.43. The zero-order chi connectivity index (χ0) is 16.4. The van der Waals surface area contributed by atoms with E-state index in [0.717, 1.165) is 0 Å². The van der Waals surface area contributed by atoms with Crippen molar-refractivity contribution in [1.29, 1.82) is 0 Å². The van der Waals surface area contributed by atoms with E-state index in [9.17, 15) is 8.42 Å². The number of benzene rings is 2. The Bertz CT molecular complexity index is 796. The van der Waals surface area contributed by atoms with Crippen molar-refractivity contribution in [1.82, 2.24) is 0 Å². The van der Waals surface area contributed by atoms with Gasteiger partial charge in [-0.3, -0.25) is 0 Å². The molecule has 0 bridgehead atoms. The summed E-state index contributed by atoms with van der Waals surface area (Å²) in [6.45, 7) is 0. The maximum atomic E-state index is 13.0. The van der Waals surface area contributed by atoms with E-state index in [1.807, 2.05) is 6.07 Å². The number of alkyl halides is 1. The maximum Gasteiger partial charge on any atom is 0.277 e. The third-order valence-corrected chi connectivity index (χ3v) is 5.96. The van der Waals surface area contributed by atoms with Crippen molar-refractivity contribution in [3.8, 4) is 5.75 Å². The van der Waals surface area contributed by atoms with Crippen LogP contribution in [0.4, 0.5) is 11.4 Å². The topological polar surface area (TPSA) is 46.6 Å².